The number of aliphatic imine (C=N–C) groups is 1. The lowest BCUT2D eigenvalue weighted by Crippen LogP contribution is -2.27. The van der Waals surface area contributed by atoms with Crippen LogP contribution in [-0.4, -0.2) is 22.1 Å². The first-order valence-corrected chi connectivity index (χ1v) is 4.23. The molecule has 0 saturated heterocycles. The zero-order chi connectivity index (χ0) is 10.2. The van der Waals surface area contributed by atoms with Crippen molar-refractivity contribution in [2.45, 2.75) is 13.0 Å². The second-order valence-corrected chi connectivity index (χ2v) is 2.66. The summed E-state index contributed by atoms with van der Waals surface area (Å²) < 4.78 is 1.96. The van der Waals surface area contributed by atoms with E-state index in [1.54, 1.807) is 18.7 Å². The molecule has 14 heavy (non-hydrogen) atoms. The summed E-state index contributed by atoms with van der Waals surface area (Å²) in [5, 5.41) is 10.5. The maximum Gasteiger partial charge on any atom is 0.202 e. The quantitative estimate of drug-likeness (QED) is 0.224. The van der Waals surface area contributed by atoms with E-state index in [2.05, 4.69) is 15.3 Å². The van der Waals surface area contributed by atoms with Gasteiger partial charge in [-0.1, -0.05) is 0 Å². The second kappa shape index (κ2) is 5.59. The zero-order valence-electron chi connectivity index (χ0n) is 7.72. The van der Waals surface area contributed by atoms with Crippen LogP contribution in [-0.2, 0) is 6.54 Å². The van der Waals surface area contributed by atoms with Gasteiger partial charge in [-0.3, -0.25) is 10.3 Å². The van der Waals surface area contributed by atoms with Crippen molar-refractivity contribution in [2.75, 3.05) is 6.54 Å². The van der Waals surface area contributed by atoms with Crippen LogP contribution in [0, 0.1) is 11.5 Å². The maximum absolute atomic E-state index is 8.21. The van der Waals surface area contributed by atoms with Crippen molar-refractivity contribution in [2.24, 2.45) is 10.7 Å². The Morgan fingerprint density at radius 3 is 3.21 bits per heavy atom. The number of nitrogens with zero attached hydrogens (tertiary/aromatic N) is 4. The molecule has 1 heterocycles. The third-order valence-corrected chi connectivity index (χ3v) is 1.60. The zero-order valence-corrected chi connectivity index (χ0v) is 7.72. The molecule has 0 atom stereocenters. The summed E-state index contributed by atoms with van der Waals surface area (Å²) in [4.78, 5) is 7.85. The van der Waals surface area contributed by atoms with Gasteiger partial charge in [0.05, 0.1) is 6.33 Å². The van der Waals surface area contributed by atoms with Crippen molar-refractivity contribution in [1.82, 2.24) is 14.9 Å². The highest BCUT2D eigenvalue weighted by Crippen LogP contribution is 1.90. The molecule has 0 bridgehead atoms. The molecule has 0 amide bonds. The second-order valence-electron chi connectivity index (χ2n) is 2.66. The van der Waals surface area contributed by atoms with Gasteiger partial charge in [0.25, 0.3) is 0 Å². The first-order valence-electron chi connectivity index (χ1n) is 4.23. The van der Waals surface area contributed by atoms with Crippen molar-refractivity contribution < 1.29 is 0 Å². The van der Waals surface area contributed by atoms with E-state index >= 15 is 0 Å². The van der Waals surface area contributed by atoms with Crippen molar-refractivity contribution in [3.05, 3.63) is 18.7 Å². The summed E-state index contributed by atoms with van der Waals surface area (Å²) in [6.45, 7) is 1.45. The lowest BCUT2D eigenvalue weighted by atomic mass is 10.4. The number of hydrogen-bond donors (Lipinski definition) is 2. The minimum absolute atomic E-state index is 0.165. The highest BCUT2D eigenvalue weighted by atomic mass is 15.1. The SMILES string of the molecule is N#CNC(N)=NCCCn1ccnc1. The van der Waals surface area contributed by atoms with Crippen molar-refractivity contribution in [3.8, 4) is 6.19 Å². The Balaban J connectivity index is 2.17. The van der Waals surface area contributed by atoms with Gasteiger partial charge in [0, 0.05) is 25.5 Å². The number of imidazole rings is 1. The highest BCUT2D eigenvalue weighted by molar-refractivity contribution is 5.79. The van der Waals surface area contributed by atoms with Crippen molar-refractivity contribution in [3.63, 3.8) is 0 Å². The van der Waals surface area contributed by atoms with E-state index in [4.69, 9.17) is 11.0 Å². The summed E-state index contributed by atoms with van der Waals surface area (Å²) in [7, 11) is 0. The number of nitriles is 1. The normalized spacial score (nSPS) is 10.9. The molecule has 3 N–H and O–H groups in total. The molecular weight excluding hydrogens is 180 g/mol. The maximum atomic E-state index is 8.21. The van der Waals surface area contributed by atoms with E-state index in [1.165, 1.54) is 0 Å². The molecule has 0 saturated carbocycles. The minimum atomic E-state index is 0.165. The number of aromatic nitrogens is 2. The van der Waals surface area contributed by atoms with E-state index in [0.29, 0.717) is 6.54 Å². The Bertz CT molecular complexity index is 320. The molecule has 1 aromatic rings. The molecule has 6 heteroatoms. The topological polar surface area (TPSA) is 92.0 Å². The van der Waals surface area contributed by atoms with Crippen LogP contribution in [0.4, 0.5) is 0 Å². The van der Waals surface area contributed by atoms with Crippen LogP contribution in [0.5, 0.6) is 0 Å². The molecule has 74 valence electrons. The van der Waals surface area contributed by atoms with Crippen molar-refractivity contribution in [1.29, 1.82) is 5.26 Å². The largest absolute Gasteiger partial charge is 0.369 e. The van der Waals surface area contributed by atoms with Gasteiger partial charge >= 0.3 is 0 Å². The Morgan fingerprint density at radius 1 is 1.71 bits per heavy atom. The molecular formula is C8H12N6. The van der Waals surface area contributed by atoms with Crippen molar-refractivity contribution >= 4 is 5.96 Å². The molecule has 0 aliphatic carbocycles. The number of nitrogens with two attached hydrogens (primary N) is 1. The smallest absolute Gasteiger partial charge is 0.202 e. The van der Waals surface area contributed by atoms with E-state index in [0.717, 1.165) is 13.0 Å². The average molecular weight is 192 g/mol. The summed E-state index contributed by atoms with van der Waals surface area (Å²) in [5.74, 6) is 0.165. The summed E-state index contributed by atoms with van der Waals surface area (Å²) in [6.07, 6.45) is 7.94. The molecule has 0 aromatic carbocycles. The third-order valence-electron chi connectivity index (χ3n) is 1.60. The summed E-state index contributed by atoms with van der Waals surface area (Å²) >= 11 is 0. The van der Waals surface area contributed by atoms with Crippen LogP contribution >= 0.6 is 0 Å². The fourth-order valence-electron chi connectivity index (χ4n) is 0.969. The molecule has 0 aliphatic heterocycles. The van der Waals surface area contributed by atoms with Crippen LogP contribution in [0.2, 0.25) is 0 Å². The van der Waals surface area contributed by atoms with Gasteiger partial charge in [-0.15, -0.1) is 0 Å². The Hall–Kier alpha value is -2.03. The van der Waals surface area contributed by atoms with Gasteiger partial charge in [0.2, 0.25) is 5.96 Å². The first kappa shape index (κ1) is 10.1. The number of nitrogens with one attached hydrogen (secondary N) is 1. The van der Waals surface area contributed by atoms with Gasteiger partial charge < -0.3 is 10.3 Å². The van der Waals surface area contributed by atoms with Gasteiger partial charge in [-0.25, -0.2) is 4.98 Å². The highest BCUT2D eigenvalue weighted by Gasteiger charge is 1.90. The number of aryl methyl sites for hydroxylation is 1. The molecule has 1 aromatic heterocycles. The fourth-order valence-corrected chi connectivity index (χ4v) is 0.969. The standard InChI is InChI=1S/C8H12N6/c9-6-13-8(10)12-2-1-4-14-5-3-11-7-14/h3,5,7H,1-2,4H2,(H3,10,12,13). The number of guanidine groups is 1. The summed E-state index contributed by atoms with van der Waals surface area (Å²) in [5.41, 5.74) is 5.34. The Morgan fingerprint density at radius 2 is 2.57 bits per heavy atom. The first-order chi connectivity index (χ1) is 6.83. The lowest BCUT2D eigenvalue weighted by Gasteiger charge is -1.99. The van der Waals surface area contributed by atoms with Gasteiger partial charge in [0.1, 0.15) is 0 Å². The van der Waals surface area contributed by atoms with Gasteiger partial charge in [-0.05, 0) is 6.42 Å². The minimum Gasteiger partial charge on any atom is -0.369 e. The Kier molecular flexibility index (Phi) is 4.01. The monoisotopic (exact) mass is 192 g/mol. The summed E-state index contributed by atoms with van der Waals surface area (Å²) in [6, 6.07) is 0. The Labute approximate surface area is 82.1 Å². The van der Waals surface area contributed by atoms with Gasteiger partial charge in [-0.2, -0.15) is 5.26 Å². The fraction of sp³-hybridized carbons (Fsp3) is 0.375. The van der Waals surface area contributed by atoms with Gasteiger partial charge in [0.15, 0.2) is 6.19 Å². The lowest BCUT2D eigenvalue weighted by molar-refractivity contribution is 0.650. The molecule has 0 fully saturated rings. The predicted octanol–water partition coefficient (Wildman–Crippen LogP) is -0.341. The van der Waals surface area contributed by atoms with Crippen LogP contribution in [0.25, 0.3) is 0 Å². The van der Waals surface area contributed by atoms with Crippen LogP contribution in [0.3, 0.4) is 0 Å². The number of hydrogen-bond acceptors (Lipinski definition) is 3. The molecule has 6 nitrogen and oxygen atoms in total. The van der Waals surface area contributed by atoms with E-state index < -0.39 is 0 Å². The molecule has 0 aliphatic rings. The predicted molar refractivity (Wildman–Crippen MR) is 52.1 cm³/mol. The van der Waals surface area contributed by atoms with Crippen LogP contribution < -0.4 is 11.1 Å². The van der Waals surface area contributed by atoms with E-state index in [-0.39, 0.29) is 5.96 Å². The van der Waals surface area contributed by atoms with E-state index in [1.807, 2.05) is 10.8 Å². The van der Waals surface area contributed by atoms with Crippen LogP contribution in [0.15, 0.2) is 23.7 Å². The average Bonchev–Trinajstić information content (AvgIpc) is 2.65. The van der Waals surface area contributed by atoms with Crippen LogP contribution in [0.1, 0.15) is 6.42 Å². The molecule has 1 rings (SSSR count). The number of rotatable bonds is 4. The molecule has 0 spiro atoms. The molecule has 0 unspecified atom stereocenters. The van der Waals surface area contributed by atoms with E-state index in [9.17, 15) is 0 Å². The third kappa shape index (κ3) is 3.58. The molecule has 0 radical (unpaired) electrons.